The van der Waals surface area contributed by atoms with E-state index in [1.807, 2.05) is 0 Å². The average molecular weight is 411 g/mol. The summed E-state index contributed by atoms with van der Waals surface area (Å²) in [4.78, 5) is 0. The van der Waals surface area contributed by atoms with Crippen LogP contribution in [0.4, 0.5) is 0 Å². The first-order valence-corrected chi connectivity index (χ1v) is 12.3. The molecule has 3 nitrogen and oxygen atoms in total. The zero-order valence-electron chi connectivity index (χ0n) is 18.1. The SMILES string of the molecule is C[C@H](CCCO)[C@H]1CCC2C3C(CC[C@@]21C)[C@@]1(C)CC[C@@H](OS)C[C@H]1C[C@@H]3O. The van der Waals surface area contributed by atoms with Crippen LogP contribution in [0.1, 0.15) is 85.0 Å². The largest absolute Gasteiger partial charge is 0.396 e. The van der Waals surface area contributed by atoms with Crippen LogP contribution >= 0.6 is 12.9 Å². The fraction of sp³-hybridized carbons (Fsp3) is 1.00. The highest BCUT2D eigenvalue weighted by atomic mass is 32.1. The predicted molar refractivity (Wildman–Crippen MR) is 116 cm³/mol. The van der Waals surface area contributed by atoms with Crippen LogP contribution in [0.25, 0.3) is 0 Å². The molecule has 0 amide bonds. The van der Waals surface area contributed by atoms with Gasteiger partial charge in [0.2, 0.25) is 0 Å². The molecule has 0 aromatic rings. The van der Waals surface area contributed by atoms with Gasteiger partial charge in [-0.1, -0.05) is 20.8 Å². The van der Waals surface area contributed by atoms with Crippen molar-refractivity contribution in [1.29, 1.82) is 0 Å². The lowest BCUT2D eigenvalue weighted by atomic mass is 9.43. The molecule has 4 heteroatoms. The molecule has 28 heavy (non-hydrogen) atoms. The first-order chi connectivity index (χ1) is 13.3. The van der Waals surface area contributed by atoms with Gasteiger partial charge >= 0.3 is 0 Å². The van der Waals surface area contributed by atoms with Crippen LogP contribution in [0.15, 0.2) is 0 Å². The van der Waals surface area contributed by atoms with E-state index in [4.69, 9.17) is 4.18 Å². The maximum Gasteiger partial charge on any atom is 0.0722 e. The first kappa shape index (κ1) is 21.5. The second-order valence-electron chi connectivity index (χ2n) is 11.4. The van der Waals surface area contributed by atoms with E-state index in [9.17, 15) is 10.2 Å². The Bertz CT molecular complexity index is 556. The number of hydrogen-bond donors (Lipinski definition) is 3. The lowest BCUT2D eigenvalue weighted by Crippen LogP contribution is -2.58. The highest BCUT2D eigenvalue weighted by Gasteiger charge is 2.62. The van der Waals surface area contributed by atoms with Crippen molar-refractivity contribution >= 4 is 12.9 Å². The molecular formula is C24H42O3S. The summed E-state index contributed by atoms with van der Waals surface area (Å²) in [5.74, 6) is 3.87. The Balaban J connectivity index is 1.55. The maximum absolute atomic E-state index is 11.4. The van der Waals surface area contributed by atoms with Gasteiger partial charge < -0.3 is 14.4 Å². The topological polar surface area (TPSA) is 49.7 Å². The van der Waals surface area contributed by atoms with E-state index < -0.39 is 0 Å². The number of hydrogen-bond acceptors (Lipinski definition) is 4. The monoisotopic (exact) mass is 410 g/mol. The van der Waals surface area contributed by atoms with Gasteiger partial charge in [-0.25, -0.2) is 0 Å². The molecule has 4 aliphatic rings. The average Bonchev–Trinajstić information content (AvgIpc) is 3.03. The van der Waals surface area contributed by atoms with Crippen LogP contribution in [-0.2, 0) is 4.18 Å². The van der Waals surface area contributed by atoms with Crippen molar-refractivity contribution in [3.63, 3.8) is 0 Å². The molecule has 0 bridgehead atoms. The van der Waals surface area contributed by atoms with Crippen LogP contribution in [0.2, 0.25) is 0 Å². The van der Waals surface area contributed by atoms with Gasteiger partial charge in [-0.2, -0.15) is 0 Å². The van der Waals surface area contributed by atoms with Crippen molar-refractivity contribution in [2.45, 2.75) is 97.2 Å². The molecule has 4 fully saturated rings. The summed E-state index contributed by atoms with van der Waals surface area (Å²) in [6.45, 7) is 7.81. The third kappa shape index (κ3) is 3.29. The standard InChI is InChI=1S/C24H42O3S/c1-15(5-4-12-25)18-6-7-19-22-20(9-11-24(18,19)3)23(2)10-8-17(27-28)13-16(23)14-21(22)26/h15-22,25-26,28H,4-14H2,1-3H3/t15-,16+,17-,18-,19?,20?,21+,22?,23+,24-/m1/s1. The van der Waals surface area contributed by atoms with Crippen molar-refractivity contribution in [3.8, 4) is 0 Å². The van der Waals surface area contributed by atoms with Gasteiger partial charge in [0.25, 0.3) is 0 Å². The Hall–Kier alpha value is 0.230. The Morgan fingerprint density at radius 2 is 1.75 bits per heavy atom. The van der Waals surface area contributed by atoms with Crippen LogP contribution in [-0.4, -0.2) is 29.0 Å². The zero-order valence-corrected chi connectivity index (χ0v) is 19.0. The molecule has 2 N–H and O–H groups in total. The smallest absolute Gasteiger partial charge is 0.0722 e. The van der Waals surface area contributed by atoms with Crippen LogP contribution in [0.3, 0.4) is 0 Å². The van der Waals surface area contributed by atoms with Gasteiger partial charge in [0.1, 0.15) is 0 Å². The van der Waals surface area contributed by atoms with Crippen LogP contribution < -0.4 is 0 Å². The molecule has 0 aliphatic heterocycles. The highest BCUT2D eigenvalue weighted by Crippen LogP contribution is 2.68. The summed E-state index contributed by atoms with van der Waals surface area (Å²) >= 11 is 4.10. The number of aliphatic hydroxyl groups excluding tert-OH is 2. The normalized spacial score (nSPS) is 51.9. The number of thiol groups is 1. The molecular weight excluding hydrogens is 368 g/mol. The van der Waals surface area contributed by atoms with Gasteiger partial charge in [0, 0.05) is 6.61 Å². The molecule has 4 rings (SSSR count). The van der Waals surface area contributed by atoms with Gasteiger partial charge in [0.05, 0.1) is 12.2 Å². The third-order valence-corrected chi connectivity index (χ3v) is 10.7. The number of rotatable bonds is 5. The van der Waals surface area contributed by atoms with E-state index in [1.54, 1.807) is 0 Å². The lowest BCUT2D eigenvalue weighted by molar-refractivity contribution is -0.172. The minimum absolute atomic E-state index is 0.141. The van der Waals surface area contributed by atoms with Gasteiger partial charge in [-0.3, -0.25) is 0 Å². The van der Waals surface area contributed by atoms with Crippen molar-refractivity contribution in [2.24, 2.45) is 46.3 Å². The molecule has 0 heterocycles. The van der Waals surface area contributed by atoms with Gasteiger partial charge in [-0.05, 0) is 123 Å². The molecule has 162 valence electrons. The second-order valence-corrected chi connectivity index (χ2v) is 11.6. The van der Waals surface area contributed by atoms with E-state index >= 15 is 0 Å². The Morgan fingerprint density at radius 3 is 2.46 bits per heavy atom. The summed E-state index contributed by atoms with van der Waals surface area (Å²) < 4.78 is 5.41. The molecule has 0 radical (unpaired) electrons. The maximum atomic E-state index is 11.4. The van der Waals surface area contributed by atoms with E-state index in [-0.39, 0.29) is 12.2 Å². The lowest BCUT2D eigenvalue weighted by Gasteiger charge is -2.62. The van der Waals surface area contributed by atoms with E-state index in [0.29, 0.717) is 47.0 Å². The fourth-order valence-electron chi connectivity index (χ4n) is 8.87. The zero-order chi connectivity index (χ0) is 20.1. The molecule has 3 unspecified atom stereocenters. The fourth-order valence-corrected chi connectivity index (χ4v) is 9.06. The van der Waals surface area contributed by atoms with Crippen molar-refractivity contribution in [2.75, 3.05) is 6.61 Å². The van der Waals surface area contributed by atoms with Crippen molar-refractivity contribution in [1.82, 2.24) is 0 Å². The minimum Gasteiger partial charge on any atom is -0.396 e. The molecule has 0 saturated heterocycles. The van der Waals surface area contributed by atoms with Crippen LogP contribution in [0, 0.1) is 46.3 Å². The summed E-state index contributed by atoms with van der Waals surface area (Å²) in [6, 6.07) is 0. The molecule has 0 spiro atoms. The van der Waals surface area contributed by atoms with E-state index in [0.717, 1.165) is 38.0 Å². The van der Waals surface area contributed by atoms with Gasteiger partial charge in [-0.15, -0.1) is 0 Å². The number of aliphatic hydroxyl groups is 2. The summed E-state index contributed by atoms with van der Waals surface area (Å²) in [5.41, 5.74) is 0.750. The molecule has 10 atom stereocenters. The Kier molecular flexibility index (Phi) is 6.17. The second kappa shape index (κ2) is 8.05. The summed E-state index contributed by atoms with van der Waals surface area (Å²) in [6.07, 6.45) is 11.8. The van der Waals surface area contributed by atoms with E-state index in [2.05, 4.69) is 33.7 Å². The molecule has 4 aliphatic carbocycles. The molecule has 0 aromatic carbocycles. The highest BCUT2D eigenvalue weighted by molar-refractivity contribution is 7.75. The van der Waals surface area contributed by atoms with E-state index in [1.165, 1.54) is 32.1 Å². The Labute approximate surface area is 177 Å². The van der Waals surface area contributed by atoms with Crippen molar-refractivity contribution < 1.29 is 14.4 Å². The molecule has 0 aromatic heterocycles. The number of fused-ring (bicyclic) bond motifs is 5. The van der Waals surface area contributed by atoms with Gasteiger partial charge in [0.15, 0.2) is 0 Å². The Morgan fingerprint density at radius 1 is 1.04 bits per heavy atom. The summed E-state index contributed by atoms with van der Waals surface area (Å²) in [5, 5.41) is 20.6. The first-order valence-electron chi connectivity index (χ1n) is 11.9. The minimum atomic E-state index is -0.141. The third-order valence-electron chi connectivity index (χ3n) is 10.4. The van der Waals surface area contributed by atoms with Crippen molar-refractivity contribution in [3.05, 3.63) is 0 Å². The summed E-state index contributed by atoms with van der Waals surface area (Å²) in [7, 11) is 0. The predicted octanol–water partition coefficient (Wildman–Crippen LogP) is 5.25. The quantitative estimate of drug-likeness (QED) is 0.428. The molecule has 4 saturated carbocycles. The van der Waals surface area contributed by atoms with Crippen LogP contribution in [0.5, 0.6) is 0 Å².